The molecule has 4 N–H and O–H groups in total. The highest BCUT2D eigenvalue weighted by molar-refractivity contribution is 6.05. The molecule has 0 radical (unpaired) electrons. The van der Waals surface area contributed by atoms with Crippen LogP contribution >= 0.6 is 0 Å². The minimum Gasteiger partial charge on any atom is -0.409 e. The SMILES string of the molecule is CCN(CC)C(=O)Nc1ccccc1C(N)=NO. The summed E-state index contributed by atoms with van der Waals surface area (Å²) in [5, 5.41) is 14.4. The van der Waals surface area contributed by atoms with Crippen LogP contribution in [0.2, 0.25) is 0 Å². The lowest BCUT2D eigenvalue weighted by Crippen LogP contribution is -2.35. The Kier molecular flexibility index (Phi) is 4.98. The van der Waals surface area contributed by atoms with Gasteiger partial charge in [-0.15, -0.1) is 0 Å². The fourth-order valence-corrected chi connectivity index (χ4v) is 1.57. The van der Waals surface area contributed by atoms with E-state index in [0.29, 0.717) is 24.3 Å². The first kappa shape index (κ1) is 13.8. The summed E-state index contributed by atoms with van der Waals surface area (Å²) in [6.07, 6.45) is 0. The average Bonchev–Trinajstić information content (AvgIpc) is 2.40. The van der Waals surface area contributed by atoms with Gasteiger partial charge in [0.25, 0.3) is 0 Å². The van der Waals surface area contributed by atoms with Gasteiger partial charge in [-0.25, -0.2) is 4.79 Å². The minimum atomic E-state index is -0.210. The van der Waals surface area contributed by atoms with Gasteiger partial charge in [0.1, 0.15) is 0 Å². The van der Waals surface area contributed by atoms with E-state index in [9.17, 15) is 4.79 Å². The van der Waals surface area contributed by atoms with Crippen LogP contribution in [0.5, 0.6) is 0 Å². The number of hydrogen-bond acceptors (Lipinski definition) is 3. The summed E-state index contributed by atoms with van der Waals surface area (Å²) < 4.78 is 0. The first-order valence-corrected chi connectivity index (χ1v) is 5.76. The van der Waals surface area contributed by atoms with Crippen molar-refractivity contribution in [2.45, 2.75) is 13.8 Å². The molecule has 0 atom stereocenters. The number of para-hydroxylation sites is 1. The van der Waals surface area contributed by atoms with E-state index < -0.39 is 0 Å². The molecule has 18 heavy (non-hydrogen) atoms. The van der Waals surface area contributed by atoms with Crippen LogP contribution in [0.25, 0.3) is 0 Å². The van der Waals surface area contributed by atoms with Crippen molar-refractivity contribution in [1.29, 1.82) is 0 Å². The van der Waals surface area contributed by atoms with E-state index in [-0.39, 0.29) is 11.9 Å². The van der Waals surface area contributed by atoms with Crippen molar-refractivity contribution in [3.8, 4) is 0 Å². The molecular formula is C12H18N4O2. The molecule has 1 aromatic carbocycles. The molecule has 0 saturated carbocycles. The first-order valence-electron chi connectivity index (χ1n) is 5.76. The number of nitrogens with two attached hydrogens (primary N) is 1. The molecule has 0 fully saturated rings. The number of anilines is 1. The Morgan fingerprint density at radius 1 is 1.39 bits per heavy atom. The summed E-state index contributed by atoms with van der Waals surface area (Å²) >= 11 is 0. The molecule has 0 spiro atoms. The Morgan fingerprint density at radius 2 is 2.00 bits per heavy atom. The monoisotopic (exact) mass is 250 g/mol. The Bertz CT molecular complexity index is 441. The summed E-state index contributed by atoms with van der Waals surface area (Å²) in [5.74, 6) is -0.0366. The minimum absolute atomic E-state index is 0.0366. The fraction of sp³-hybridized carbons (Fsp3) is 0.333. The van der Waals surface area contributed by atoms with Gasteiger partial charge in [0, 0.05) is 18.7 Å². The van der Waals surface area contributed by atoms with Gasteiger partial charge in [0.15, 0.2) is 5.84 Å². The molecule has 6 heteroatoms. The highest BCUT2D eigenvalue weighted by Crippen LogP contribution is 2.15. The third kappa shape index (κ3) is 3.13. The fourth-order valence-electron chi connectivity index (χ4n) is 1.57. The number of amidine groups is 1. The molecule has 1 aromatic rings. The van der Waals surface area contributed by atoms with Crippen LogP contribution < -0.4 is 11.1 Å². The van der Waals surface area contributed by atoms with E-state index >= 15 is 0 Å². The molecular weight excluding hydrogens is 232 g/mol. The molecule has 6 nitrogen and oxygen atoms in total. The number of hydrogen-bond donors (Lipinski definition) is 3. The first-order chi connectivity index (χ1) is 8.63. The lowest BCUT2D eigenvalue weighted by Gasteiger charge is -2.20. The third-order valence-electron chi connectivity index (χ3n) is 2.60. The molecule has 1 rings (SSSR count). The summed E-state index contributed by atoms with van der Waals surface area (Å²) in [6.45, 7) is 5.04. The van der Waals surface area contributed by atoms with Crippen molar-refractivity contribution >= 4 is 17.6 Å². The van der Waals surface area contributed by atoms with Gasteiger partial charge in [0.05, 0.1) is 5.69 Å². The zero-order valence-corrected chi connectivity index (χ0v) is 10.6. The Labute approximate surface area is 106 Å². The molecule has 0 aliphatic carbocycles. The van der Waals surface area contributed by atoms with Crippen molar-refractivity contribution in [3.05, 3.63) is 29.8 Å². The zero-order valence-electron chi connectivity index (χ0n) is 10.6. The lowest BCUT2D eigenvalue weighted by molar-refractivity contribution is 0.217. The summed E-state index contributed by atoms with van der Waals surface area (Å²) in [5.41, 5.74) is 6.55. The van der Waals surface area contributed by atoms with Crippen LogP contribution in [0.3, 0.4) is 0 Å². The second kappa shape index (κ2) is 6.48. The number of amides is 2. The van der Waals surface area contributed by atoms with Crippen molar-refractivity contribution in [2.24, 2.45) is 10.9 Å². The van der Waals surface area contributed by atoms with E-state index in [2.05, 4.69) is 10.5 Å². The number of carbonyl (C=O) groups is 1. The number of benzene rings is 1. The van der Waals surface area contributed by atoms with Crippen LogP contribution in [0.4, 0.5) is 10.5 Å². The van der Waals surface area contributed by atoms with Gasteiger partial charge in [0.2, 0.25) is 0 Å². The van der Waals surface area contributed by atoms with Gasteiger partial charge in [-0.1, -0.05) is 17.3 Å². The topological polar surface area (TPSA) is 91.0 Å². The standard InChI is InChI=1S/C12H18N4O2/c1-3-16(4-2)12(17)14-10-8-6-5-7-9(10)11(13)15-18/h5-8,18H,3-4H2,1-2H3,(H2,13,15)(H,14,17). The van der Waals surface area contributed by atoms with Gasteiger partial charge in [-0.05, 0) is 26.0 Å². The maximum atomic E-state index is 11.9. The Hall–Kier alpha value is -2.24. The molecule has 0 aliphatic heterocycles. The number of nitrogens with zero attached hydrogens (tertiary/aromatic N) is 2. The van der Waals surface area contributed by atoms with Crippen molar-refractivity contribution in [2.75, 3.05) is 18.4 Å². The molecule has 0 heterocycles. The van der Waals surface area contributed by atoms with Crippen LogP contribution in [-0.4, -0.2) is 35.1 Å². The third-order valence-corrected chi connectivity index (χ3v) is 2.60. The van der Waals surface area contributed by atoms with Crippen molar-refractivity contribution in [1.82, 2.24) is 4.90 Å². The van der Waals surface area contributed by atoms with E-state index in [1.165, 1.54) is 0 Å². The summed E-state index contributed by atoms with van der Waals surface area (Å²) in [4.78, 5) is 13.6. The molecule has 2 amide bonds. The molecule has 0 bridgehead atoms. The second-order valence-electron chi connectivity index (χ2n) is 3.63. The van der Waals surface area contributed by atoms with Crippen molar-refractivity contribution in [3.63, 3.8) is 0 Å². The predicted octanol–water partition coefficient (Wildman–Crippen LogP) is 1.65. The summed E-state index contributed by atoms with van der Waals surface area (Å²) in [7, 11) is 0. The van der Waals surface area contributed by atoms with E-state index in [0.717, 1.165) is 0 Å². The molecule has 0 saturated heterocycles. The molecule has 0 aromatic heterocycles. The molecule has 0 aliphatic rings. The van der Waals surface area contributed by atoms with Gasteiger partial charge in [-0.3, -0.25) is 0 Å². The van der Waals surface area contributed by atoms with Gasteiger partial charge in [-0.2, -0.15) is 0 Å². The quantitative estimate of drug-likeness (QED) is 0.328. The average molecular weight is 250 g/mol. The van der Waals surface area contributed by atoms with Crippen LogP contribution in [0, 0.1) is 0 Å². The number of rotatable bonds is 4. The predicted molar refractivity (Wildman–Crippen MR) is 70.9 cm³/mol. The number of urea groups is 1. The van der Waals surface area contributed by atoms with E-state index in [1.807, 2.05) is 13.8 Å². The largest absolute Gasteiger partial charge is 0.409 e. The smallest absolute Gasteiger partial charge is 0.321 e. The van der Waals surface area contributed by atoms with E-state index in [4.69, 9.17) is 10.9 Å². The summed E-state index contributed by atoms with van der Waals surface area (Å²) in [6, 6.07) is 6.69. The van der Waals surface area contributed by atoms with Crippen LogP contribution in [-0.2, 0) is 0 Å². The highest BCUT2D eigenvalue weighted by atomic mass is 16.4. The maximum Gasteiger partial charge on any atom is 0.321 e. The molecule has 0 unspecified atom stereocenters. The van der Waals surface area contributed by atoms with Gasteiger partial charge >= 0.3 is 6.03 Å². The second-order valence-corrected chi connectivity index (χ2v) is 3.63. The van der Waals surface area contributed by atoms with E-state index in [1.54, 1.807) is 29.2 Å². The number of oxime groups is 1. The Balaban J connectivity index is 2.94. The number of carbonyl (C=O) groups excluding carboxylic acids is 1. The van der Waals surface area contributed by atoms with Crippen LogP contribution in [0.1, 0.15) is 19.4 Å². The lowest BCUT2D eigenvalue weighted by atomic mass is 10.1. The number of nitrogens with one attached hydrogen (secondary N) is 1. The Morgan fingerprint density at radius 3 is 2.56 bits per heavy atom. The van der Waals surface area contributed by atoms with Gasteiger partial charge < -0.3 is 21.2 Å². The zero-order chi connectivity index (χ0) is 13.5. The van der Waals surface area contributed by atoms with Crippen molar-refractivity contribution < 1.29 is 10.0 Å². The normalized spacial score (nSPS) is 11.1. The maximum absolute atomic E-state index is 11.9. The molecule has 98 valence electrons. The van der Waals surface area contributed by atoms with Crippen LogP contribution in [0.15, 0.2) is 29.4 Å². The highest BCUT2D eigenvalue weighted by Gasteiger charge is 2.13.